The number of carbonyl (C=O) groups excluding carboxylic acids is 1. The van der Waals surface area contributed by atoms with E-state index in [1.807, 2.05) is 0 Å². The van der Waals surface area contributed by atoms with Crippen LogP contribution in [0.15, 0.2) is 35.1 Å². The highest BCUT2D eigenvalue weighted by atomic mass is 32.2. The van der Waals surface area contributed by atoms with Crippen molar-refractivity contribution in [2.75, 3.05) is 18.1 Å². The fourth-order valence-corrected chi connectivity index (χ4v) is 2.72. The highest BCUT2D eigenvalue weighted by Crippen LogP contribution is 2.10. The van der Waals surface area contributed by atoms with E-state index in [1.54, 1.807) is 37.5 Å². The van der Waals surface area contributed by atoms with Crippen molar-refractivity contribution in [1.82, 2.24) is 14.4 Å². The van der Waals surface area contributed by atoms with E-state index in [2.05, 4.69) is 15.5 Å². The van der Waals surface area contributed by atoms with Crippen molar-refractivity contribution in [2.45, 2.75) is 19.9 Å². The van der Waals surface area contributed by atoms with Gasteiger partial charge in [-0.2, -0.15) is 4.31 Å². The summed E-state index contributed by atoms with van der Waals surface area (Å²) in [5.41, 5.74) is 0.804. The second kappa shape index (κ2) is 7.34. The molecule has 0 fully saturated rings. The average Bonchev–Trinajstić information content (AvgIpc) is 2.88. The molecule has 0 spiro atoms. The van der Waals surface area contributed by atoms with Gasteiger partial charge in [0, 0.05) is 38.0 Å². The fraction of sp³-hybridized carbons (Fsp3) is 0.357. The molecular weight excluding hydrogens is 320 g/mol. The summed E-state index contributed by atoms with van der Waals surface area (Å²) in [7, 11) is -3.43. The van der Waals surface area contributed by atoms with Gasteiger partial charge >= 0.3 is 0 Å². The Hall–Kier alpha value is -2.26. The maximum absolute atomic E-state index is 11.9. The molecule has 0 saturated carbocycles. The Labute approximate surface area is 134 Å². The molecular formula is C14H18N4O4S. The number of amides is 1. The van der Waals surface area contributed by atoms with E-state index in [0.29, 0.717) is 11.6 Å². The van der Waals surface area contributed by atoms with E-state index in [4.69, 9.17) is 4.52 Å². The number of hydrogen-bond donors (Lipinski definition) is 1. The van der Waals surface area contributed by atoms with E-state index < -0.39 is 10.0 Å². The van der Waals surface area contributed by atoms with E-state index in [0.717, 1.165) is 11.8 Å². The third-order valence-corrected chi connectivity index (χ3v) is 4.31. The van der Waals surface area contributed by atoms with Crippen molar-refractivity contribution in [2.24, 2.45) is 0 Å². The number of sulfonamides is 1. The zero-order valence-electron chi connectivity index (χ0n) is 12.9. The van der Waals surface area contributed by atoms with Crippen LogP contribution in [0.1, 0.15) is 17.7 Å². The number of aromatic nitrogens is 2. The molecule has 0 saturated heterocycles. The van der Waals surface area contributed by atoms with Gasteiger partial charge < -0.3 is 9.84 Å². The van der Waals surface area contributed by atoms with Gasteiger partial charge in [-0.05, 0) is 24.6 Å². The van der Waals surface area contributed by atoms with Crippen molar-refractivity contribution in [1.29, 1.82) is 0 Å². The van der Waals surface area contributed by atoms with Crippen LogP contribution in [0.5, 0.6) is 0 Å². The molecule has 0 aliphatic heterocycles. The summed E-state index contributed by atoms with van der Waals surface area (Å²) in [6.07, 6.45) is 4.32. The number of anilines is 1. The fourth-order valence-electron chi connectivity index (χ4n) is 1.91. The molecule has 0 unspecified atom stereocenters. The Kier molecular flexibility index (Phi) is 5.45. The maximum atomic E-state index is 11.9. The average molecular weight is 338 g/mol. The van der Waals surface area contributed by atoms with Gasteiger partial charge in [0.2, 0.25) is 15.9 Å². The summed E-state index contributed by atoms with van der Waals surface area (Å²) in [6.45, 7) is 1.98. The molecule has 0 aliphatic rings. The second-order valence-corrected chi connectivity index (χ2v) is 7.06. The van der Waals surface area contributed by atoms with Gasteiger partial charge in [-0.25, -0.2) is 8.42 Å². The van der Waals surface area contributed by atoms with Gasteiger partial charge in [-0.15, -0.1) is 0 Å². The van der Waals surface area contributed by atoms with E-state index in [-0.39, 0.29) is 25.4 Å². The van der Waals surface area contributed by atoms with Crippen molar-refractivity contribution in [3.8, 4) is 0 Å². The summed E-state index contributed by atoms with van der Waals surface area (Å²) in [5.74, 6) is 0.560. The third-order valence-electron chi connectivity index (χ3n) is 3.06. The van der Waals surface area contributed by atoms with Crippen LogP contribution in [-0.4, -0.2) is 41.6 Å². The number of hydrogen-bond acceptors (Lipinski definition) is 6. The van der Waals surface area contributed by atoms with Crippen LogP contribution in [0.2, 0.25) is 0 Å². The molecule has 0 bridgehead atoms. The monoisotopic (exact) mass is 338 g/mol. The van der Waals surface area contributed by atoms with Gasteiger partial charge in [0.15, 0.2) is 5.82 Å². The van der Waals surface area contributed by atoms with Crippen LogP contribution >= 0.6 is 0 Å². The highest BCUT2D eigenvalue weighted by molar-refractivity contribution is 7.88. The van der Waals surface area contributed by atoms with E-state index in [1.165, 1.54) is 4.31 Å². The molecule has 124 valence electrons. The normalized spacial score (nSPS) is 11.6. The standard InChI is InChI=1S/C14H18N4O4S/c1-11-9-13(17-22-11)16-14(19)5-8-18(23(2,20)21)10-12-3-6-15-7-4-12/h3-4,6-7,9H,5,8,10H2,1-2H3,(H,16,17,19). The minimum Gasteiger partial charge on any atom is -0.360 e. The SMILES string of the molecule is Cc1cc(NC(=O)CCN(Cc2ccncc2)S(C)(=O)=O)no1. The molecule has 2 heterocycles. The molecule has 0 aromatic carbocycles. The lowest BCUT2D eigenvalue weighted by Crippen LogP contribution is -2.32. The van der Waals surface area contributed by atoms with Gasteiger partial charge in [0.05, 0.1) is 6.26 Å². The first kappa shape index (κ1) is 17.1. The highest BCUT2D eigenvalue weighted by Gasteiger charge is 2.18. The lowest BCUT2D eigenvalue weighted by atomic mass is 10.2. The Morgan fingerprint density at radius 3 is 2.61 bits per heavy atom. The third kappa shape index (κ3) is 5.46. The van der Waals surface area contributed by atoms with Crippen LogP contribution < -0.4 is 5.32 Å². The smallest absolute Gasteiger partial charge is 0.226 e. The quantitative estimate of drug-likeness (QED) is 0.812. The van der Waals surface area contributed by atoms with Crippen LogP contribution in [0.4, 0.5) is 5.82 Å². The summed E-state index contributed by atoms with van der Waals surface area (Å²) in [4.78, 5) is 15.8. The zero-order chi connectivity index (χ0) is 16.9. The van der Waals surface area contributed by atoms with E-state index >= 15 is 0 Å². The topological polar surface area (TPSA) is 105 Å². The molecule has 1 amide bonds. The molecule has 0 atom stereocenters. The zero-order valence-corrected chi connectivity index (χ0v) is 13.7. The Bertz CT molecular complexity index is 758. The number of carbonyl (C=O) groups is 1. The largest absolute Gasteiger partial charge is 0.360 e. The first-order chi connectivity index (χ1) is 10.8. The second-order valence-electron chi connectivity index (χ2n) is 5.07. The predicted molar refractivity (Wildman–Crippen MR) is 84.0 cm³/mol. The minimum atomic E-state index is -3.43. The summed E-state index contributed by atoms with van der Waals surface area (Å²) in [5, 5.41) is 6.21. The molecule has 8 nitrogen and oxygen atoms in total. The predicted octanol–water partition coefficient (Wildman–Crippen LogP) is 1.17. The summed E-state index contributed by atoms with van der Waals surface area (Å²) in [6, 6.07) is 5.05. The molecule has 2 rings (SSSR count). The summed E-state index contributed by atoms with van der Waals surface area (Å²) >= 11 is 0. The maximum Gasteiger partial charge on any atom is 0.226 e. The number of pyridine rings is 1. The van der Waals surface area contributed by atoms with Gasteiger partial charge in [0.1, 0.15) is 5.76 Å². The number of nitrogens with one attached hydrogen (secondary N) is 1. The van der Waals surface area contributed by atoms with Gasteiger partial charge in [0.25, 0.3) is 0 Å². The number of rotatable bonds is 7. The number of aryl methyl sites for hydroxylation is 1. The van der Waals surface area contributed by atoms with Crippen molar-refractivity contribution < 1.29 is 17.7 Å². The molecule has 2 aromatic heterocycles. The van der Waals surface area contributed by atoms with Crippen molar-refractivity contribution in [3.63, 3.8) is 0 Å². The minimum absolute atomic E-state index is 0.0179. The number of nitrogens with zero attached hydrogens (tertiary/aromatic N) is 3. The lowest BCUT2D eigenvalue weighted by molar-refractivity contribution is -0.116. The first-order valence-electron chi connectivity index (χ1n) is 6.92. The molecule has 1 N–H and O–H groups in total. The lowest BCUT2D eigenvalue weighted by Gasteiger charge is -2.19. The van der Waals surface area contributed by atoms with E-state index in [9.17, 15) is 13.2 Å². The molecule has 2 aromatic rings. The van der Waals surface area contributed by atoms with Gasteiger partial charge in [-0.1, -0.05) is 5.16 Å². The van der Waals surface area contributed by atoms with Crippen molar-refractivity contribution in [3.05, 3.63) is 41.9 Å². The molecule has 9 heteroatoms. The van der Waals surface area contributed by atoms with Crippen LogP contribution in [0.3, 0.4) is 0 Å². The Balaban J connectivity index is 1.94. The molecule has 23 heavy (non-hydrogen) atoms. The first-order valence-corrected chi connectivity index (χ1v) is 8.76. The summed E-state index contributed by atoms with van der Waals surface area (Å²) < 4.78 is 29.8. The van der Waals surface area contributed by atoms with Crippen molar-refractivity contribution >= 4 is 21.7 Å². The van der Waals surface area contributed by atoms with Crippen LogP contribution in [0.25, 0.3) is 0 Å². The Morgan fingerprint density at radius 2 is 2.04 bits per heavy atom. The Morgan fingerprint density at radius 1 is 1.35 bits per heavy atom. The molecule has 0 radical (unpaired) electrons. The molecule has 0 aliphatic carbocycles. The van der Waals surface area contributed by atoms with Gasteiger partial charge in [-0.3, -0.25) is 9.78 Å². The van der Waals surface area contributed by atoms with Crippen LogP contribution in [-0.2, 0) is 21.4 Å². The van der Waals surface area contributed by atoms with Crippen LogP contribution in [0, 0.1) is 6.92 Å².